The van der Waals surface area contributed by atoms with Crippen molar-refractivity contribution in [2.75, 3.05) is 31.5 Å². The van der Waals surface area contributed by atoms with E-state index in [9.17, 15) is 14.4 Å². The maximum absolute atomic E-state index is 13.4. The average molecular weight is 491 g/mol. The number of anilines is 2. The minimum absolute atomic E-state index is 0.0493. The Kier molecular flexibility index (Phi) is 7.36. The molecule has 0 fully saturated rings. The van der Waals surface area contributed by atoms with Crippen LogP contribution in [-0.2, 0) is 22.6 Å². The number of H-pyrrole nitrogens is 1. The second-order valence-electron chi connectivity index (χ2n) is 7.91. The molecule has 0 aliphatic heterocycles. The van der Waals surface area contributed by atoms with E-state index in [-0.39, 0.29) is 31.2 Å². The van der Waals surface area contributed by atoms with Crippen LogP contribution < -0.4 is 26.6 Å². The van der Waals surface area contributed by atoms with Gasteiger partial charge in [-0.1, -0.05) is 42.5 Å². The minimum atomic E-state index is -0.766. The molecule has 2 aromatic carbocycles. The number of hydrogen-bond acceptors (Lipinski definition) is 7. The van der Waals surface area contributed by atoms with Crippen LogP contribution in [0.2, 0.25) is 0 Å². The number of amides is 1. The molecular weight excluding hydrogens is 464 g/mol. The van der Waals surface area contributed by atoms with Crippen molar-refractivity contribution in [2.45, 2.75) is 13.1 Å². The van der Waals surface area contributed by atoms with Gasteiger partial charge in [0.25, 0.3) is 11.5 Å². The Balaban J connectivity index is 1.74. The maximum atomic E-state index is 13.4. The number of nitrogens with two attached hydrogens (primary N) is 1. The monoisotopic (exact) mass is 490 g/mol. The molecule has 2 heterocycles. The summed E-state index contributed by atoms with van der Waals surface area (Å²) in [4.78, 5) is 42.1. The maximum Gasteiger partial charge on any atom is 0.330 e. The first-order valence-electron chi connectivity index (χ1n) is 11.1. The van der Waals surface area contributed by atoms with Gasteiger partial charge in [0.2, 0.25) is 0 Å². The van der Waals surface area contributed by atoms with E-state index in [0.29, 0.717) is 17.1 Å². The third-order valence-corrected chi connectivity index (χ3v) is 5.59. The number of aromatic nitrogens is 2. The molecule has 0 spiro atoms. The predicted octanol–water partition coefficient (Wildman–Crippen LogP) is 2.77. The molecule has 0 radical (unpaired) electrons. The van der Waals surface area contributed by atoms with Crippen LogP contribution in [0, 0.1) is 0 Å². The van der Waals surface area contributed by atoms with Gasteiger partial charge < -0.3 is 19.6 Å². The van der Waals surface area contributed by atoms with E-state index in [1.807, 2.05) is 42.5 Å². The SMILES string of the molecule is COCCn1c(N)c(N(Cc2ccccc2)C(=O)/C=C/c2cc3cccc(OC)c3o2)c(=O)[nH]c1=O. The van der Waals surface area contributed by atoms with Crippen LogP contribution in [-0.4, -0.2) is 36.3 Å². The van der Waals surface area contributed by atoms with Crippen molar-refractivity contribution >= 4 is 34.5 Å². The van der Waals surface area contributed by atoms with Gasteiger partial charge in [-0.05, 0) is 23.8 Å². The zero-order valence-electron chi connectivity index (χ0n) is 19.9. The van der Waals surface area contributed by atoms with Crippen LogP contribution in [0.3, 0.4) is 0 Å². The fourth-order valence-electron chi connectivity index (χ4n) is 3.82. The third kappa shape index (κ3) is 5.08. The van der Waals surface area contributed by atoms with Crippen molar-refractivity contribution in [1.29, 1.82) is 0 Å². The molecule has 0 unspecified atom stereocenters. The Labute approximate surface area is 206 Å². The number of nitrogens with one attached hydrogen (secondary N) is 1. The van der Waals surface area contributed by atoms with E-state index < -0.39 is 17.2 Å². The molecule has 0 aliphatic carbocycles. The fourth-order valence-corrected chi connectivity index (χ4v) is 3.82. The Morgan fingerprint density at radius 1 is 1.14 bits per heavy atom. The van der Waals surface area contributed by atoms with Crippen LogP contribution >= 0.6 is 0 Å². The summed E-state index contributed by atoms with van der Waals surface area (Å²) in [6.07, 6.45) is 2.79. The van der Waals surface area contributed by atoms with E-state index in [0.717, 1.165) is 10.9 Å². The molecule has 4 aromatic rings. The van der Waals surface area contributed by atoms with Crippen LogP contribution in [0.4, 0.5) is 11.5 Å². The molecule has 0 saturated carbocycles. The number of nitrogen functional groups attached to an aromatic ring is 1. The van der Waals surface area contributed by atoms with Gasteiger partial charge in [0, 0.05) is 18.6 Å². The van der Waals surface area contributed by atoms with Gasteiger partial charge in [-0.15, -0.1) is 0 Å². The first-order chi connectivity index (χ1) is 17.4. The van der Waals surface area contributed by atoms with Crippen LogP contribution in [0.1, 0.15) is 11.3 Å². The van der Waals surface area contributed by atoms with E-state index >= 15 is 0 Å². The standard InChI is InChI=1S/C26H26N4O6/c1-34-14-13-29-24(27)22(25(32)28-26(29)33)30(16-17-7-4-3-5-8-17)21(31)12-11-19-15-18-9-6-10-20(35-2)23(18)36-19/h3-12,15H,13-14,16,27H2,1-2H3,(H,28,32,33)/b12-11+. The van der Waals surface area contributed by atoms with Crippen LogP contribution in [0.15, 0.2) is 74.7 Å². The number of aromatic amines is 1. The number of nitrogens with zero attached hydrogens (tertiary/aromatic N) is 2. The van der Waals surface area contributed by atoms with Crippen molar-refractivity contribution in [3.05, 3.63) is 92.8 Å². The van der Waals surface area contributed by atoms with E-state index in [4.69, 9.17) is 19.6 Å². The Bertz CT molecular complexity index is 1520. The number of furan rings is 1. The summed E-state index contributed by atoms with van der Waals surface area (Å²) in [5, 5.41) is 0.813. The zero-order chi connectivity index (χ0) is 25.7. The molecule has 0 saturated heterocycles. The molecule has 0 atom stereocenters. The van der Waals surface area contributed by atoms with E-state index in [2.05, 4.69) is 4.98 Å². The molecule has 10 heteroatoms. The van der Waals surface area contributed by atoms with Crippen LogP contribution in [0.5, 0.6) is 5.75 Å². The number of ether oxygens (including phenoxy) is 2. The van der Waals surface area contributed by atoms with Gasteiger partial charge in [-0.2, -0.15) is 0 Å². The summed E-state index contributed by atoms with van der Waals surface area (Å²) in [5.74, 6) is 0.337. The van der Waals surface area contributed by atoms with Gasteiger partial charge in [0.05, 0.1) is 26.8 Å². The lowest BCUT2D eigenvalue weighted by molar-refractivity contribution is -0.114. The number of benzene rings is 2. The topological polar surface area (TPSA) is 133 Å². The van der Waals surface area contributed by atoms with Gasteiger partial charge in [-0.3, -0.25) is 24.0 Å². The molecule has 2 aromatic heterocycles. The Hall–Kier alpha value is -4.57. The number of hydrogen-bond donors (Lipinski definition) is 2. The highest BCUT2D eigenvalue weighted by Gasteiger charge is 2.23. The number of methoxy groups -OCH3 is 2. The van der Waals surface area contributed by atoms with Crippen molar-refractivity contribution in [1.82, 2.24) is 9.55 Å². The summed E-state index contributed by atoms with van der Waals surface area (Å²) in [5.41, 5.74) is 5.99. The lowest BCUT2D eigenvalue weighted by Crippen LogP contribution is -2.40. The molecule has 10 nitrogen and oxygen atoms in total. The first-order valence-corrected chi connectivity index (χ1v) is 11.1. The zero-order valence-corrected chi connectivity index (χ0v) is 19.9. The molecule has 4 rings (SSSR count). The van der Waals surface area contributed by atoms with Crippen LogP contribution in [0.25, 0.3) is 17.0 Å². The molecule has 0 aliphatic rings. The van der Waals surface area contributed by atoms with Crippen molar-refractivity contribution in [3.8, 4) is 5.75 Å². The number of carbonyl (C=O) groups is 1. The average Bonchev–Trinajstić information content (AvgIpc) is 3.30. The van der Waals surface area contributed by atoms with Crippen molar-refractivity contribution in [2.24, 2.45) is 0 Å². The second kappa shape index (κ2) is 10.8. The Morgan fingerprint density at radius 2 is 1.92 bits per heavy atom. The predicted molar refractivity (Wildman–Crippen MR) is 137 cm³/mol. The summed E-state index contributed by atoms with van der Waals surface area (Å²) in [6.45, 7) is 0.348. The normalized spacial score (nSPS) is 11.3. The van der Waals surface area contributed by atoms with Gasteiger partial charge in [0.1, 0.15) is 11.6 Å². The molecule has 36 heavy (non-hydrogen) atoms. The highest BCUT2D eigenvalue weighted by Crippen LogP contribution is 2.29. The Morgan fingerprint density at radius 3 is 2.64 bits per heavy atom. The summed E-state index contributed by atoms with van der Waals surface area (Å²) < 4.78 is 17.4. The largest absolute Gasteiger partial charge is 0.493 e. The van der Waals surface area contributed by atoms with Gasteiger partial charge in [0.15, 0.2) is 17.0 Å². The molecule has 0 bridgehead atoms. The summed E-state index contributed by atoms with van der Waals surface area (Å²) >= 11 is 0. The highest BCUT2D eigenvalue weighted by atomic mass is 16.5. The summed E-state index contributed by atoms with van der Waals surface area (Å²) in [6, 6.07) is 16.4. The molecule has 186 valence electrons. The lowest BCUT2D eigenvalue weighted by atomic mass is 10.2. The fraction of sp³-hybridized carbons (Fsp3) is 0.192. The highest BCUT2D eigenvalue weighted by molar-refractivity contribution is 6.05. The van der Waals surface area contributed by atoms with Gasteiger partial charge in [-0.25, -0.2) is 4.79 Å². The third-order valence-electron chi connectivity index (χ3n) is 5.59. The van der Waals surface area contributed by atoms with E-state index in [1.165, 1.54) is 28.7 Å². The quantitative estimate of drug-likeness (QED) is 0.345. The number of rotatable bonds is 9. The molecule has 3 N–H and O–H groups in total. The van der Waals surface area contributed by atoms with Crippen molar-refractivity contribution < 1.29 is 18.7 Å². The molecule has 1 amide bonds. The number of carbonyl (C=O) groups excluding carboxylic acids is 1. The van der Waals surface area contributed by atoms with Gasteiger partial charge >= 0.3 is 5.69 Å². The second-order valence-corrected chi connectivity index (χ2v) is 7.91. The van der Waals surface area contributed by atoms with Crippen molar-refractivity contribution in [3.63, 3.8) is 0 Å². The summed E-state index contributed by atoms with van der Waals surface area (Å²) in [7, 11) is 3.03. The number of para-hydroxylation sites is 1. The first kappa shape index (κ1) is 24.6. The van der Waals surface area contributed by atoms with E-state index in [1.54, 1.807) is 19.2 Å². The smallest absolute Gasteiger partial charge is 0.330 e. The lowest BCUT2D eigenvalue weighted by Gasteiger charge is -2.23. The minimum Gasteiger partial charge on any atom is -0.493 e. The molecular formula is C26H26N4O6. The number of fused-ring (bicyclic) bond motifs is 1.